The maximum atomic E-state index is 12.8. The van der Waals surface area contributed by atoms with E-state index in [1.807, 2.05) is 0 Å². The molecule has 0 radical (unpaired) electrons. The van der Waals surface area contributed by atoms with Crippen LogP contribution in [0.5, 0.6) is 23.0 Å². The lowest BCUT2D eigenvalue weighted by molar-refractivity contribution is 0.171. The van der Waals surface area contributed by atoms with Gasteiger partial charge in [0.25, 0.3) is 0 Å². The van der Waals surface area contributed by atoms with Crippen molar-refractivity contribution in [2.45, 2.75) is 9.79 Å². The van der Waals surface area contributed by atoms with Crippen LogP contribution in [0.15, 0.2) is 46.2 Å². The van der Waals surface area contributed by atoms with Crippen LogP contribution in [-0.4, -0.2) is 34.8 Å². The monoisotopic (exact) mass is 334 g/mol. The zero-order valence-electron chi connectivity index (χ0n) is 12.2. The van der Waals surface area contributed by atoms with Gasteiger partial charge in [-0.05, 0) is 24.3 Å². The van der Waals surface area contributed by atoms with Gasteiger partial charge in [-0.15, -0.1) is 0 Å². The quantitative estimate of drug-likeness (QED) is 0.837. The van der Waals surface area contributed by atoms with Gasteiger partial charge in [-0.3, -0.25) is 0 Å². The molecule has 0 fully saturated rings. The number of hydrogen-bond donors (Lipinski definition) is 0. The summed E-state index contributed by atoms with van der Waals surface area (Å²) in [4.78, 5) is 0.303. The maximum absolute atomic E-state index is 12.8. The normalized spacial score (nSPS) is 16.0. The standard InChI is InChI=1S/C16H14O6S/c17-23(18,11-1-3-13-15(9-11)21-7-5-19-13)12-2-4-14-16(10-12)22-8-6-20-14/h1-4,9-10H,5-8H2. The molecule has 2 aliphatic rings. The Morgan fingerprint density at radius 2 is 1.00 bits per heavy atom. The van der Waals surface area contributed by atoms with Crippen LogP contribution in [0.2, 0.25) is 0 Å². The Labute approximate surface area is 133 Å². The summed E-state index contributed by atoms with van der Waals surface area (Å²) in [5, 5.41) is 0. The zero-order chi connectivity index (χ0) is 15.9. The molecular formula is C16H14O6S. The first-order chi connectivity index (χ1) is 11.1. The van der Waals surface area contributed by atoms with Crippen LogP contribution in [0.1, 0.15) is 0 Å². The van der Waals surface area contributed by atoms with Crippen molar-refractivity contribution in [1.82, 2.24) is 0 Å². The summed E-state index contributed by atoms with van der Waals surface area (Å²) < 4.78 is 47.4. The highest BCUT2D eigenvalue weighted by atomic mass is 32.2. The smallest absolute Gasteiger partial charge is 0.206 e. The Morgan fingerprint density at radius 1 is 0.609 bits per heavy atom. The Kier molecular flexibility index (Phi) is 3.30. The number of sulfone groups is 1. The van der Waals surface area contributed by atoms with Crippen LogP contribution in [0.25, 0.3) is 0 Å². The van der Waals surface area contributed by atoms with E-state index < -0.39 is 9.84 Å². The van der Waals surface area contributed by atoms with E-state index in [2.05, 4.69) is 0 Å². The van der Waals surface area contributed by atoms with E-state index in [0.717, 1.165) is 0 Å². The first-order valence-electron chi connectivity index (χ1n) is 7.19. The van der Waals surface area contributed by atoms with Gasteiger partial charge < -0.3 is 18.9 Å². The van der Waals surface area contributed by atoms with Gasteiger partial charge in [-0.25, -0.2) is 8.42 Å². The van der Waals surface area contributed by atoms with E-state index >= 15 is 0 Å². The molecule has 0 N–H and O–H groups in total. The molecule has 0 unspecified atom stereocenters. The second-order valence-corrected chi connectivity index (χ2v) is 7.06. The Balaban J connectivity index is 1.75. The fraction of sp³-hybridized carbons (Fsp3) is 0.250. The van der Waals surface area contributed by atoms with Crippen LogP contribution in [0.3, 0.4) is 0 Å². The number of hydrogen-bond acceptors (Lipinski definition) is 6. The minimum absolute atomic E-state index is 0.151. The van der Waals surface area contributed by atoms with Gasteiger partial charge in [0, 0.05) is 12.1 Å². The Bertz CT molecular complexity index is 793. The van der Waals surface area contributed by atoms with Gasteiger partial charge in [0.1, 0.15) is 26.4 Å². The topological polar surface area (TPSA) is 71.1 Å². The number of ether oxygens (including phenoxy) is 4. The average molecular weight is 334 g/mol. The zero-order valence-corrected chi connectivity index (χ0v) is 13.0. The fourth-order valence-electron chi connectivity index (χ4n) is 2.52. The molecule has 0 bridgehead atoms. The molecule has 0 aromatic heterocycles. The molecule has 0 atom stereocenters. The SMILES string of the molecule is O=S(=O)(c1ccc2c(c1)OCCO2)c1ccc2c(c1)OCCO2. The summed E-state index contributed by atoms with van der Waals surface area (Å²) in [6.07, 6.45) is 0. The van der Waals surface area contributed by atoms with E-state index in [4.69, 9.17) is 18.9 Å². The van der Waals surface area contributed by atoms with Crippen molar-refractivity contribution in [2.24, 2.45) is 0 Å². The third kappa shape index (κ3) is 2.46. The van der Waals surface area contributed by atoms with Crippen molar-refractivity contribution >= 4 is 9.84 Å². The first-order valence-corrected chi connectivity index (χ1v) is 8.67. The predicted octanol–water partition coefficient (Wildman–Crippen LogP) is 2.06. The summed E-state index contributed by atoms with van der Waals surface area (Å²) in [6, 6.07) is 9.22. The van der Waals surface area contributed by atoms with Crippen LogP contribution < -0.4 is 18.9 Å². The molecule has 0 aliphatic carbocycles. The highest BCUT2D eigenvalue weighted by molar-refractivity contribution is 7.91. The van der Waals surface area contributed by atoms with Crippen molar-refractivity contribution in [1.29, 1.82) is 0 Å². The summed E-state index contributed by atoms with van der Waals surface area (Å²) in [6.45, 7) is 1.73. The molecule has 0 spiro atoms. The van der Waals surface area contributed by atoms with Gasteiger partial charge in [-0.1, -0.05) is 0 Å². The molecule has 6 nitrogen and oxygen atoms in total. The van der Waals surface area contributed by atoms with Gasteiger partial charge in [0.2, 0.25) is 9.84 Å². The van der Waals surface area contributed by atoms with Gasteiger partial charge in [0.05, 0.1) is 9.79 Å². The van der Waals surface area contributed by atoms with Gasteiger partial charge in [-0.2, -0.15) is 0 Å². The molecule has 0 amide bonds. The third-order valence-electron chi connectivity index (χ3n) is 3.65. The number of benzene rings is 2. The second kappa shape index (κ2) is 5.34. The Hall–Kier alpha value is -2.41. The van der Waals surface area contributed by atoms with Crippen molar-refractivity contribution in [3.05, 3.63) is 36.4 Å². The highest BCUT2D eigenvalue weighted by Gasteiger charge is 2.23. The van der Waals surface area contributed by atoms with E-state index in [0.29, 0.717) is 49.4 Å². The minimum Gasteiger partial charge on any atom is -0.486 e. The predicted molar refractivity (Wildman–Crippen MR) is 80.3 cm³/mol. The van der Waals surface area contributed by atoms with Crippen LogP contribution in [-0.2, 0) is 9.84 Å². The molecule has 2 aromatic carbocycles. The highest BCUT2D eigenvalue weighted by Crippen LogP contribution is 2.37. The van der Waals surface area contributed by atoms with E-state index in [9.17, 15) is 8.42 Å². The lowest BCUT2D eigenvalue weighted by Crippen LogP contribution is -2.16. The van der Waals surface area contributed by atoms with E-state index in [-0.39, 0.29) is 9.79 Å². The van der Waals surface area contributed by atoms with Crippen LogP contribution in [0.4, 0.5) is 0 Å². The number of rotatable bonds is 2. The lowest BCUT2D eigenvalue weighted by Gasteiger charge is -2.20. The summed E-state index contributed by atoms with van der Waals surface area (Å²) in [7, 11) is -3.68. The molecule has 23 heavy (non-hydrogen) atoms. The minimum atomic E-state index is -3.68. The fourth-order valence-corrected chi connectivity index (χ4v) is 3.81. The summed E-state index contributed by atoms with van der Waals surface area (Å²) in [5.74, 6) is 1.99. The van der Waals surface area contributed by atoms with Gasteiger partial charge in [0.15, 0.2) is 23.0 Å². The molecule has 7 heteroatoms. The van der Waals surface area contributed by atoms with Crippen molar-refractivity contribution in [2.75, 3.05) is 26.4 Å². The average Bonchev–Trinajstić information content (AvgIpc) is 2.61. The van der Waals surface area contributed by atoms with E-state index in [1.54, 1.807) is 12.1 Å². The maximum Gasteiger partial charge on any atom is 0.206 e. The lowest BCUT2D eigenvalue weighted by atomic mass is 10.3. The molecule has 4 rings (SSSR count). The molecule has 2 aromatic rings. The molecule has 0 saturated carbocycles. The van der Waals surface area contributed by atoms with Crippen molar-refractivity contribution in [3.8, 4) is 23.0 Å². The van der Waals surface area contributed by atoms with Crippen LogP contribution in [0, 0.1) is 0 Å². The second-order valence-electron chi connectivity index (χ2n) is 5.11. The van der Waals surface area contributed by atoms with Crippen LogP contribution >= 0.6 is 0 Å². The molecule has 2 aliphatic heterocycles. The summed E-state index contributed by atoms with van der Waals surface area (Å²) >= 11 is 0. The largest absolute Gasteiger partial charge is 0.486 e. The Morgan fingerprint density at radius 3 is 1.43 bits per heavy atom. The summed E-state index contributed by atoms with van der Waals surface area (Å²) in [5.41, 5.74) is 0. The van der Waals surface area contributed by atoms with Crippen molar-refractivity contribution < 1.29 is 27.4 Å². The first kappa shape index (κ1) is 14.2. The number of fused-ring (bicyclic) bond motifs is 2. The van der Waals surface area contributed by atoms with Gasteiger partial charge >= 0.3 is 0 Å². The van der Waals surface area contributed by atoms with Crippen molar-refractivity contribution in [3.63, 3.8) is 0 Å². The molecule has 120 valence electrons. The van der Waals surface area contributed by atoms with E-state index in [1.165, 1.54) is 24.3 Å². The molecular weight excluding hydrogens is 320 g/mol. The molecule has 2 heterocycles. The molecule has 0 saturated heterocycles. The third-order valence-corrected chi connectivity index (χ3v) is 5.40.